The van der Waals surface area contributed by atoms with Crippen molar-refractivity contribution >= 4 is 17.2 Å². The Morgan fingerprint density at radius 2 is 1.68 bits per heavy atom. The highest BCUT2D eigenvalue weighted by atomic mass is 32.1. The molecule has 0 unspecified atom stereocenters. The van der Waals surface area contributed by atoms with E-state index >= 15 is 0 Å². The molecule has 2 heterocycles. The van der Waals surface area contributed by atoms with Gasteiger partial charge in [-0.3, -0.25) is 9.69 Å². The standard InChI is InChI=1S/C22H33N3O2S/c1-15-16(2)28-21(25(15)4-3-24-5-7-27-8-6-24)23-20(26)22-12-17-9-18(13-22)11-19(10-17)14-22/h17-19H,3-14H2,1-2H3. The molecule has 1 saturated heterocycles. The smallest absolute Gasteiger partial charge is 0.254 e. The Morgan fingerprint density at radius 1 is 1.07 bits per heavy atom. The third-order valence-electron chi connectivity index (χ3n) is 7.82. The molecule has 5 fully saturated rings. The minimum Gasteiger partial charge on any atom is -0.379 e. The molecule has 28 heavy (non-hydrogen) atoms. The first-order chi connectivity index (χ1) is 13.5. The molecule has 4 saturated carbocycles. The summed E-state index contributed by atoms with van der Waals surface area (Å²) in [6, 6.07) is 0. The Kier molecular flexibility index (Phi) is 5.00. The van der Waals surface area contributed by atoms with Gasteiger partial charge in [0.05, 0.1) is 18.6 Å². The van der Waals surface area contributed by atoms with Crippen molar-refractivity contribution in [2.45, 2.75) is 58.9 Å². The molecule has 1 amide bonds. The van der Waals surface area contributed by atoms with Crippen molar-refractivity contribution in [2.75, 3.05) is 32.8 Å². The predicted octanol–water partition coefficient (Wildman–Crippen LogP) is 3.14. The second-order valence-corrected chi connectivity index (χ2v) is 10.9. The molecule has 5 nitrogen and oxygen atoms in total. The van der Waals surface area contributed by atoms with Crippen LogP contribution in [0.3, 0.4) is 0 Å². The van der Waals surface area contributed by atoms with E-state index in [4.69, 9.17) is 9.73 Å². The first kappa shape index (κ1) is 19.0. The second kappa shape index (κ2) is 7.37. The molecule has 6 heteroatoms. The van der Waals surface area contributed by atoms with Crippen molar-refractivity contribution in [1.29, 1.82) is 0 Å². The van der Waals surface area contributed by atoms with Gasteiger partial charge in [-0.05, 0) is 70.1 Å². The number of nitrogens with zero attached hydrogens (tertiary/aromatic N) is 3. The van der Waals surface area contributed by atoms with Crippen LogP contribution in [0.1, 0.15) is 49.1 Å². The number of carbonyl (C=O) groups excluding carboxylic acids is 1. The predicted molar refractivity (Wildman–Crippen MR) is 110 cm³/mol. The number of aryl methyl sites for hydroxylation is 1. The van der Waals surface area contributed by atoms with E-state index in [1.54, 1.807) is 11.3 Å². The maximum Gasteiger partial charge on any atom is 0.254 e. The Balaban J connectivity index is 1.38. The Morgan fingerprint density at radius 3 is 2.29 bits per heavy atom. The van der Waals surface area contributed by atoms with Crippen molar-refractivity contribution in [3.05, 3.63) is 15.4 Å². The SMILES string of the molecule is Cc1sc(=NC(=O)C23CC4CC(CC(C4)C2)C3)n(CCN2CCOCC2)c1C. The minimum atomic E-state index is -0.136. The number of hydrogen-bond donors (Lipinski definition) is 0. The summed E-state index contributed by atoms with van der Waals surface area (Å²) in [6.45, 7) is 9.88. The Bertz CT molecular complexity index is 783. The van der Waals surface area contributed by atoms with Gasteiger partial charge in [0.2, 0.25) is 0 Å². The first-order valence-corrected chi connectivity index (χ1v) is 11.9. The van der Waals surface area contributed by atoms with Crippen LogP contribution in [0.5, 0.6) is 0 Å². The Labute approximate surface area is 171 Å². The van der Waals surface area contributed by atoms with Gasteiger partial charge in [0.25, 0.3) is 5.91 Å². The number of morpholine rings is 1. The molecule has 0 atom stereocenters. The van der Waals surface area contributed by atoms with Gasteiger partial charge < -0.3 is 9.30 Å². The average molecular weight is 404 g/mol. The van der Waals surface area contributed by atoms with E-state index in [9.17, 15) is 4.79 Å². The van der Waals surface area contributed by atoms with E-state index < -0.39 is 0 Å². The van der Waals surface area contributed by atoms with Gasteiger partial charge in [-0.25, -0.2) is 0 Å². The summed E-state index contributed by atoms with van der Waals surface area (Å²) in [7, 11) is 0. The van der Waals surface area contributed by atoms with Crippen molar-refractivity contribution in [2.24, 2.45) is 28.2 Å². The fourth-order valence-corrected chi connectivity index (χ4v) is 7.59. The lowest BCUT2D eigenvalue weighted by Crippen LogP contribution is -2.50. The lowest BCUT2D eigenvalue weighted by molar-refractivity contribution is -0.142. The summed E-state index contributed by atoms with van der Waals surface area (Å²) in [5.74, 6) is 2.54. The van der Waals surface area contributed by atoms with Crippen LogP contribution in [0.15, 0.2) is 4.99 Å². The van der Waals surface area contributed by atoms with Gasteiger partial charge in [0.1, 0.15) is 0 Å². The summed E-state index contributed by atoms with van der Waals surface area (Å²) < 4.78 is 7.75. The van der Waals surface area contributed by atoms with E-state index in [-0.39, 0.29) is 11.3 Å². The fraction of sp³-hybridized carbons (Fsp3) is 0.818. The number of hydrogen-bond acceptors (Lipinski definition) is 4. The number of rotatable bonds is 4. The highest BCUT2D eigenvalue weighted by molar-refractivity contribution is 7.09. The molecule has 1 aromatic rings. The lowest BCUT2D eigenvalue weighted by atomic mass is 9.49. The molecule has 0 aromatic carbocycles. The van der Waals surface area contributed by atoms with Crippen LogP contribution in [0.4, 0.5) is 0 Å². The maximum absolute atomic E-state index is 13.4. The molecular weight excluding hydrogens is 370 g/mol. The van der Waals surface area contributed by atoms with E-state index in [1.807, 2.05) is 0 Å². The zero-order chi connectivity index (χ0) is 19.3. The highest BCUT2D eigenvalue weighted by Crippen LogP contribution is 2.60. The van der Waals surface area contributed by atoms with Crippen LogP contribution in [-0.2, 0) is 16.1 Å². The summed E-state index contributed by atoms with van der Waals surface area (Å²) in [4.78, 5) is 22.9. The summed E-state index contributed by atoms with van der Waals surface area (Å²) in [5, 5.41) is 0. The largest absolute Gasteiger partial charge is 0.379 e. The molecule has 0 radical (unpaired) electrons. The van der Waals surface area contributed by atoms with E-state index in [0.717, 1.165) is 81.2 Å². The fourth-order valence-electron chi connectivity index (χ4n) is 6.59. The van der Waals surface area contributed by atoms with E-state index in [1.165, 1.54) is 29.8 Å². The van der Waals surface area contributed by atoms with Gasteiger partial charge in [-0.15, -0.1) is 11.3 Å². The number of thiazole rings is 1. The molecule has 154 valence electrons. The quantitative estimate of drug-likeness (QED) is 0.776. The van der Waals surface area contributed by atoms with Gasteiger partial charge in [-0.2, -0.15) is 4.99 Å². The molecule has 6 rings (SSSR count). The zero-order valence-electron chi connectivity index (χ0n) is 17.3. The van der Waals surface area contributed by atoms with Crippen LogP contribution in [0.2, 0.25) is 0 Å². The molecule has 4 bridgehead atoms. The lowest BCUT2D eigenvalue weighted by Gasteiger charge is -2.55. The Hall–Kier alpha value is -0.980. The number of amides is 1. The molecule has 4 aliphatic carbocycles. The molecular formula is C22H33N3O2S. The van der Waals surface area contributed by atoms with E-state index in [0.29, 0.717) is 0 Å². The van der Waals surface area contributed by atoms with E-state index in [2.05, 4.69) is 23.3 Å². The molecule has 0 N–H and O–H groups in total. The third-order valence-corrected chi connectivity index (χ3v) is 8.92. The van der Waals surface area contributed by atoms with Crippen LogP contribution in [-0.4, -0.2) is 48.2 Å². The van der Waals surface area contributed by atoms with Gasteiger partial charge in [-0.1, -0.05) is 0 Å². The van der Waals surface area contributed by atoms with Crippen LogP contribution in [0, 0.1) is 37.0 Å². The van der Waals surface area contributed by atoms with Crippen molar-refractivity contribution in [3.63, 3.8) is 0 Å². The molecule has 1 aliphatic heterocycles. The topological polar surface area (TPSA) is 46.8 Å². The third kappa shape index (κ3) is 3.41. The molecule has 5 aliphatic rings. The van der Waals surface area contributed by atoms with Gasteiger partial charge >= 0.3 is 0 Å². The summed E-state index contributed by atoms with van der Waals surface area (Å²) >= 11 is 1.69. The average Bonchev–Trinajstić information content (AvgIpc) is 2.93. The van der Waals surface area contributed by atoms with Crippen LogP contribution < -0.4 is 4.80 Å². The zero-order valence-corrected chi connectivity index (χ0v) is 18.1. The summed E-state index contributed by atoms with van der Waals surface area (Å²) in [5.41, 5.74) is 1.12. The number of carbonyl (C=O) groups is 1. The summed E-state index contributed by atoms with van der Waals surface area (Å²) in [6.07, 6.45) is 7.38. The van der Waals surface area contributed by atoms with Crippen molar-refractivity contribution in [1.82, 2.24) is 9.47 Å². The molecule has 1 aromatic heterocycles. The van der Waals surface area contributed by atoms with Crippen LogP contribution >= 0.6 is 11.3 Å². The first-order valence-electron chi connectivity index (χ1n) is 11.1. The van der Waals surface area contributed by atoms with Crippen molar-refractivity contribution in [3.8, 4) is 0 Å². The van der Waals surface area contributed by atoms with Crippen LogP contribution in [0.25, 0.3) is 0 Å². The second-order valence-electron chi connectivity index (χ2n) is 9.75. The normalized spacial score (nSPS) is 35.6. The number of ether oxygens (including phenoxy) is 1. The highest BCUT2D eigenvalue weighted by Gasteiger charge is 2.54. The monoisotopic (exact) mass is 403 g/mol. The van der Waals surface area contributed by atoms with Gasteiger partial charge in [0, 0.05) is 36.8 Å². The minimum absolute atomic E-state index is 0.136. The maximum atomic E-state index is 13.4. The number of aromatic nitrogens is 1. The molecule has 0 spiro atoms. The van der Waals surface area contributed by atoms with Crippen molar-refractivity contribution < 1.29 is 9.53 Å². The van der Waals surface area contributed by atoms with Gasteiger partial charge in [0.15, 0.2) is 4.80 Å².